The van der Waals surface area contributed by atoms with Crippen LogP contribution in [0.4, 0.5) is 5.82 Å². The lowest BCUT2D eigenvalue weighted by Gasteiger charge is -2.10. The van der Waals surface area contributed by atoms with E-state index in [0.717, 1.165) is 11.1 Å². The van der Waals surface area contributed by atoms with Gasteiger partial charge < -0.3 is 20.1 Å². The molecular formula is C22H24N4O3. The molecule has 0 unspecified atom stereocenters. The number of nitrogens with one attached hydrogen (secondary N) is 2. The molecule has 0 atom stereocenters. The van der Waals surface area contributed by atoms with Crippen molar-refractivity contribution in [2.75, 3.05) is 19.5 Å². The fourth-order valence-electron chi connectivity index (χ4n) is 2.71. The molecule has 3 aromatic rings. The van der Waals surface area contributed by atoms with Gasteiger partial charge in [0.25, 0.3) is 5.91 Å². The van der Waals surface area contributed by atoms with Crippen LogP contribution in [0.3, 0.4) is 0 Å². The van der Waals surface area contributed by atoms with Crippen molar-refractivity contribution in [2.24, 2.45) is 0 Å². The third kappa shape index (κ3) is 5.44. The Kier molecular flexibility index (Phi) is 6.63. The van der Waals surface area contributed by atoms with E-state index in [1.54, 1.807) is 26.4 Å². The molecule has 0 spiro atoms. The van der Waals surface area contributed by atoms with Crippen LogP contribution >= 0.6 is 0 Å². The number of benzene rings is 2. The summed E-state index contributed by atoms with van der Waals surface area (Å²) < 4.78 is 10.5. The lowest BCUT2D eigenvalue weighted by Crippen LogP contribution is -2.24. The molecule has 2 aromatic carbocycles. The van der Waals surface area contributed by atoms with Gasteiger partial charge in [0, 0.05) is 13.1 Å². The van der Waals surface area contributed by atoms with E-state index in [9.17, 15) is 4.79 Å². The summed E-state index contributed by atoms with van der Waals surface area (Å²) in [4.78, 5) is 12.2. The lowest BCUT2D eigenvalue weighted by atomic mass is 10.1. The second kappa shape index (κ2) is 9.54. The average Bonchev–Trinajstić information content (AvgIpc) is 2.77. The summed E-state index contributed by atoms with van der Waals surface area (Å²) in [6.07, 6.45) is 0. The second-order valence-electron chi connectivity index (χ2n) is 6.51. The average molecular weight is 392 g/mol. The minimum Gasteiger partial charge on any atom is -0.493 e. The molecular weight excluding hydrogens is 368 g/mol. The van der Waals surface area contributed by atoms with Crippen molar-refractivity contribution < 1.29 is 14.3 Å². The monoisotopic (exact) mass is 392 g/mol. The van der Waals surface area contributed by atoms with Gasteiger partial charge in [-0.15, -0.1) is 10.2 Å². The molecule has 0 bridgehead atoms. The Bertz CT molecular complexity index is 957. The van der Waals surface area contributed by atoms with Crippen LogP contribution in [0.5, 0.6) is 11.5 Å². The molecule has 0 fully saturated rings. The van der Waals surface area contributed by atoms with Crippen molar-refractivity contribution in [1.82, 2.24) is 15.5 Å². The Balaban J connectivity index is 1.54. The number of methoxy groups -OCH3 is 2. The Morgan fingerprint density at radius 1 is 0.862 bits per heavy atom. The van der Waals surface area contributed by atoms with Gasteiger partial charge in [-0.05, 0) is 42.3 Å². The molecule has 0 saturated heterocycles. The van der Waals surface area contributed by atoms with Gasteiger partial charge in [-0.25, -0.2) is 0 Å². The summed E-state index contributed by atoms with van der Waals surface area (Å²) in [5.41, 5.74) is 3.49. The SMILES string of the molecule is COc1ccc(CNc2ccc(C(=O)NCc3ccc(C)cc3)nn2)cc1OC. The first-order valence-corrected chi connectivity index (χ1v) is 9.21. The van der Waals surface area contributed by atoms with E-state index < -0.39 is 0 Å². The smallest absolute Gasteiger partial charge is 0.272 e. The summed E-state index contributed by atoms with van der Waals surface area (Å²) in [5.74, 6) is 1.66. The maximum absolute atomic E-state index is 12.2. The van der Waals surface area contributed by atoms with Gasteiger partial charge in [0.1, 0.15) is 5.82 Å². The summed E-state index contributed by atoms with van der Waals surface area (Å²) in [6, 6.07) is 17.1. The number of aryl methyl sites for hydroxylation is 1. The van der Waals surface area contributed by atoms with Crippen molar-refractivity contribution in [3.8, 4) is 11.5 Å². The van der Waals surface area contributed by atoms with Crippen LogP contribution in [-0.2, 0) is 13.1 Å². The Hall–Kier alpha value is -3.61. The molecule has 3 rings (SSSR count). The summed E-state index contributed by atoms with van der Waals surface area (Å²) in [7, 11) is 3.20. The van der Waals surface area contributed by atoms with E-state index in [1.807, 2.05) is 49.4 Å². The third-order valence-electron chi connectivity index (χ3n) is 4.39. The van der Waals surface area contributed by atoms with Crippen LogP contribution in [-0.4, -0.2) is 30.3 Å². The zero-order chi connectivity index (χ0) is 20.6. The van der Waals surface area contributed by atoms with Crippen molar-refractivity contribution in [1.29, 1.82) is 0 Å². The van der Waals surface area contributed by atoms with E-state index in [2.05, 4.69) is 20.8 Å². The highest BCUT2D eigenvalue weighted by atomic mass is 16.5. The Morgan fingerprint density at radius 3 is 2.24 bits per heavy atom. The van der Waals surface area contributed by atoms with Crippen molar-refractivity contribution in [3.05, 3.63) is 77.0 Å². The number of carbonyl (C=O) groups is 1. The number of ether oxygens (including phenoxy) is 2. The van der Waals surface area contributed by atoms with E-state index in [-0.39, 0.29) is 11.6 Å². The van der Waals surface area contributed by atoms with Crippen LogP contribution in [0.1, 0.15) is 27.2 Å². The highest BCUT2D eigenvalue weighted by Crippen LogP contribution is 2.27. The van der Waals surface area contributed by atoms with Crippen LogP contribution in [0.25, 0.3) is 0 Å². The van der Waals surface area contributed by atoms with Gasteiger partial charge >= 0.3 is 0 Å². The van der Waals surface area contributed by atoms with Crippen LogP contribution < -0.4 is 20.1 Å². The topological polar surface area (TPSA) is 85.4 Å². The van der Waals surface area contributed by atoms with E-state index in [0.29, 0.717) is 30.4 Å². The minimum absolute atomic E-state index is 0.260. The molecule has 0 aliphatic carbocycles. The van der Waals surface area contributed by atoms with Crippen LogP contribution in [0.2, 0.25) is 0 Å². The molecule has 150 valence electrons. The molecule has 7 heteroatoms. The molecule has 2 N–H and O–H groups in total. The van der Waals surface area contributed by atoms with Gasteiger partial charge in [-0.2, -0.15) is 0 Å². The standard InChI is InChI=1S/C22H24N4O3/c1-15-4-6-16(7-5-15)13-24-22(27)18-9-11-21(26-25-18)23-14-17-8-10-19(28-2)20(12-17)29-3/h4-12H,13-14H2,1-3H3,(H,23,26)(H,24,27). The zero-order valence-corrected chi connectivity index (χ0v) is 16.7. The maximum Gasteiger partial charge on any atom is 0.272 e. The number of hydrogen-bond donors (Lipinski definition) is 2. The van der Waals surface area contributed by atoms with E-state index in [4.69, 9.17) is 9.47 Å². The van der Waals surface area contributed by atoms with E-state index in [1.165, 1.54) is 5.56 Å². The number of rotatable bonds is 8. The number of hydrogen-bond acceptors (Lipinski definition) is 6. The fraction of sp³-hybridized carbons (Fsp3) is 0.227. The first-order chi connectivity index (χ1) is 14.1. The largest absolute Gasteiger partial charge is 0.493 e. The highest BCUT2D eigenvalue weighted by Gasteiger charge is 2.09. The third-order valence-corrected chi connectivity index (χ3v) is 4.39. The molecule has 0 saturated carbocycles. The Morgan fingerprint density at radius 2 is 1.59 bits per heavy atom. The molecule has 0 aliphatic rings. The van der Waals surface area contributed by atoms with Crippen molar-refractivity contribution in [2.45, 2.75) is 20.0 Å². The van der Waals surface area contributed by atoms with Crippen LogP contribution in [0, 0.1) is 6.92 Å². The predicted molar refractivity (Wildman–Crippen MR) is 111 cm³/mol. The Labute approximate surface area is 170 Å². The molecule has 1 aromatic heterocycles. The molecule has 29 heavy (non-hydrogen) atoms. The second-order valence-corrected chi connectivity index (χ2v) is 6.51. The highest BCUT2D eigenvalue weighted by molar-refractivity contribution is 5.92. The normalized spacial score (nSPS) is 10.3. The number of carbonyl (C=O) groups excluding carboxylic acids is 1. The fourth-order valence-corrected chi connectivity index (χ4v) is 2.71. The predicted octanol–water partition coefficient (Wildman–Crippen LogP) is 3.34. The molecule has 0 radical (unpaired) electrons. The number of nitrogens with zero attached hydrogens (tertiary/aromatic N) is 2. The molecule has 0 aliphatic heterocycles. The number of amides is 1. The van der Waals surface area contributed by atoms with E-state index >= 15 is 0 Å². The van der Waals surface area contributed by atoms with Gasteiger partial charge in [-0.1, -0.05) is 35.9 Å². The van der Waals surface area contributed by atoms with Crippen molar-refractivity contribution >= 4 is 11.7 Å². The summed E-state index contributed by atoms with van der Waals surface area (Å²) in [5, 5.41) is 14.1. The zero-order valence-electron chi connectivity index (χ0n) is 16.7. The first kappa shape index (κ1) is 20.1. The van der Waals surface area contributed by atoms with Gasteiger partial charge in [-0.3, -0.25) is 4.79 Å². The molecule has 7 nitrogen and oxygen atoms in total. The quantitative estimate of drug-likeness (QED) is 0.612. The molecule has 1 amide bonds. The van der Waals surface area contributed by atoms with Gasteiger partial charge in [0.2, 0.25) is 0 Å². The lowest BCUT2D eigenvalue weighted by molar-refractivity contribution is 0.0945. The van der Waals surface area contributed by atoms with Crippen LogP contribution in [0.15, 0.2) is 54.6 Å². The number of anilines is 1. The number of aromatic nitrogens is 2. The first-order valence-electron chi connectivity index (χ1n) is 9.21. The minimum atomic E-state index is -0.260. The molecule has 1 heterocycles. The summed E-state index contributed by atoms with van der Waals surface area (Å²) >= 11 is 0. The van der Waals surface area contributed by atoms with Crippen molar-refractivity contribution in [3.63, 3.8) is 0 Å². The van der Waals surface area contributed by atoms with Gasteiger partial charge in [0.15, 0.2) is 17.2 Å². The maximum atomic E-state index is 12.2. The summed E-state index contributed by atoms with van der Waals surface area (Å²) in [6.45, 7) is 3.01. The van der Waals surface area contributed by atoms with Gasteiger partial charge in [0.05, 0.1) is 14.2 Å².